The first-order valence-electron chi connectivity index (χ1n) is 8.76. The molecule has 24 heavy (non-hydrogen) atoms. The third-order valence-corrected chi connectivity index (χ3v) is 5.57. The van der Waals surface area contributed by atoms with Crippen LogP contribution in [0.3, 0.4) is 0 Å². The van der Waals surface area contributed by atoms with E-state index in [0.29, 0.717) is 12.0 Å². The standard InChI is InChI=1S/C17H27N7/c1-23-7-5-15(6-8-23)24-9-4-12-2-3-14(10-13(12)11-24)17(19)20-16(18)21-22-17/h2-3,10,15,22H,4-9,11,19H2,1H3,(H3,18,20,21). The maximum Gasteiger partial charge on any atom is 0.209 e. The maximum absolute atomic E-state index is 6.34. The van der Waals surface area contributed by atoms with E-state index in [1.807, 2.05) is 0 Å². The van der Waals surface area contributed by atoms with Crippen LogP contribution >= 0.6 is 0 Å². The summed E-state index contributed by atoms with van der Waals surface area (Å²) in [4.78, 5) is 9.35. The van der Waals surface area contributed by atoms with E-state index in [1.165, 1.54) is 37.1 Å². The molecule has 1 fully saturated rings. The van der Waals surface area contributed by atoms with Gasteiger partial charge < -0.3 is 10.6 Å². The van der Waals surface area contributed by atoms with Crippen LogP contribution in [0.1, 0.15) is 29.5 Å². The summed E-state index contributed by atoms with van der Waals surface area (Å²) >= 11 is 0. The SMILES string of the molecule is CN1CCC(N2CCc3ccc(C4(N)N=C(N)NN4)cc3C2)CC1. The number of aliphatic imine (C=N–C) groups is 1. The van der Waals surface area contributed by atoms with Gasteiger partial charge in [-0.25, -0.2) is 4.99 Å². The lowest BCUT2D eigenvalue weighted by molar-refractivity contribution is 0.109. The van der Waals surface area contributed by atoms with E-state index in [0.717, 1.165) is 25.1 Å². The van der Waals surface area contributed by atoms with Crippen molar-refractivity contribution in [3.8, 4) is 0 Å². The highest BCUT2D eigenvalue weighted by atomic mass is 15.6. The molecule has 0 spiro atoms. The van der Waals surface area contributed by atoms with E-state index in [4.69, 9.17) is 11.5 Å². The molecule has 1 aromatic carbocycles. The molecule has 6 N–H and O–H groups in total. The van der Waals surface area contributed by atoms with Crippen molar-refractivity contribution in [1.82, 2.24) is 20.7 Å². The molecule has 7 nitrogen and oxygen atoms in total. The largest absolute Gasteiger partial charge is 0.369 e. The zero-order chi connectivity index (χ0) is 16.7. The van der Waals surface area contributed by atoms with Gasteiger partial charge >= 0.3 is 0 Å². The molecule has 0 bridgehead atoms. The van der Waals surface area contributed by atoms with Crippen molar-refractivity contribution in [2.75, 3.05) is 26.7 Å². The Morgan fingerprint density at radius 2 is 2.00 bits per heavy atom. The Kier molecular flexibility index (Phi) is 3.96. The topological polar surface area (TPSA) is 94.9 Å². The van der Waals surface area contributed by atoms with E-state index in [9.17, 15) is 0 Å². The van der Waals surface area contributed by atoms with Gasteiger partial charge in [0.25, 0.3) is 0 Å². The van der Waals surface area contributed by atoms with Crippen molar-refractivity contribution >= 4 is 5.96 Å². The summed E-state index contributed by atoms with van der Waals surface area (Å²) in [5.74, 6) is -0.655. The van der Waals surface area contributed by atoms with Crippen LogP contribution in [0, 0.1) is 0 Å². The molecule has 130 valence electrons. The van der Waals surface area contributed by atoms with Crippen LogP contribution in [0.2, 0.25) is 0 Å². The Morgan fingerprint density at radius 1 is 1.21 bits per heavy atom. The molecule has 3 aliphatic heterocycles. The van der Waals surface area contributed by atoms with Crippen LogP contribution in [-0.2, 0) is 18.8 Å². The molecule has 0 radical (unpaired) electrons. The fourth-order valence-electron chi connectivity index (χ4n) is 4.03. The lowest BCUT2D eigenvalue weighted by Crippen LogP contribution is -2.50. The summed E-state index contributed by atoms with van der Waals surface area (Å²) in [6.07, 6.45) is 3.63. The van der Waals surface area contributed by atoms with Crippen molar-refractivity contribution in [3.63, 3.8) is 0 Å². The van der Waals surface area contributed by atoms with Crippen LogP contribution in [0.4, 0.5) is 0 Å². The third kappa shape index (κ3) is 2.88. The van der Waals surface area contributed by atoms with E-state index >= 15 is 0 Å². The average molecular weight is 329 g/mol. The van der Waals surface area contributed by atoms with Crippen molar-refractivity contribution in [2.45, 2.75) is 37.6 Å². The lowest BCUT2D eigenvalue weighted by atomic mass is 9.93. The van der Waals surface area contributed by atoms with Gasteiger partial charge in [0.05, 0.1) is 0 Å². The van der Waals surface area contributed by atoms with Gasteiger partial charge in [0, 0.05) is 24.7 Å². The maximum atomic E-state index is 6.34. The minimum Gasteiger partial charge on any atom is -0.369 e. The first kappa shape index (κ1) is 15.8. The molecule has 7 heteroatoms. The Bertz CT molecular complexity index is 650. The van der Waals surface area contributed by atoms with Crippen LogP contribution in [0.5, 0.6) is 0 Å². The minimum atomic E-state index is -0.977. The number of hydrogen-bond acceptors (Lipinski definition) is 7. The lowest BCUT2D eigenvalue weighted by Gasteiger charge is -2.40. The second-order valence-corrected chi connectivity index (χ2v) is 7.25. The number of piperidine rings is 1. The first-order chi connectivity index (χ1) is 11.5. The Balaban J connectivity index is 1.53. The van der Waals surface area contributed by atoms with Crippen molar-refractivity contribution in [1.29, 1.82) is 0 Å². The molecule has 1 aromatic rings. The number of fused-ring (bicyclic) bond motifs is 1. The molecule has 0 amide bonds. The van der Waals surface area contributed by atoms with Gasteiger partial charge in [0.2, 0.25) is 11.7 Å². The zero-order valence-electron chi connectivity index (χ0n) is 14.3. The average Bonchev–Trinajstić information content (AvgIpc) is 2.95. The Labute approximate surface area is 143 Å². The highest BCUT2D eigenvalue weighted by Crippen LogP contribution is 2.28. The zero-order valence-corrected chi connectivity index (χ0v) is 14.3. The Hall–Kier alpha value is -1.67. The number of nitrogens with two attached hydrogens (primary N) is 2. The molecule has 0 aromatic heterocycles. The van der Waals surface area contributed by atoms with Gasteiger partial charge in [-0.2, -0.15) is 5.43 Å². The minimum absolute atomic E-state index is 0.322. The summed E-state index contributed by atoms with van der Waals surface area (Å²) in [6, 6.07) is 7.13. The normalized spacial score (nSPS) is 29.2. The van der Waals surface area contributed by atoms with E-state index in [-0.39, 0.29) is 0 Å². The summed E-state index contributed by atoms with van der Waals surface area (Å²) < 4.78 is 0. The van der Waals surface area contributed by atoms with Gasteiger partial charge in [-0.3, -0.25) is 16.1 Å². The molecule has 3 heterocycles. The van der Waals surface area contributed by atoms with Gasteiger partial charge in [-0.15, -0.1) is 0 Å². The van der Waals surface area contributed by atoms with Gasteiger partial charge in [0.1, 0.15) is 0 Å². The molecule has 1 atom stereocenters. The van der Waals surface area contributed by atoms with Crippen molar-refractivity contribution < 1.29 is 0 Å². The summed E-state index contributed by atoms with van der Waals surface area (Å²) in [5, 5.41) is 0. The molecule has 0 aliphatic carbocycles. The highest BCUT2D eigenvalue weighted by molar-refractivity contribution is 5.79. The number of nitrogens with one attached hydrogen (secondary N) is 2. The summed E-state index contributed by atoms with van der Waals surface area (Å²) in [5.41, 5.74) is 21.5. The molecule has 1 unspecified atom stereocenters. The molecule has 0 saturated carbocycles. The number of hydrogen-bond donors (Lipinski definition) is 4. The van der Waals surface area contributed by atoms with Crippen molar-refractivity contribution in [2.24, 2.45) is 16.5 Å². The second kappa shape index (κ2) is 6.00. The first-order valence-corrected chi connectivity index (χ1v) is 8.76. The fourth-order valence-corrected chi connectivity index (χ4v) is 4.03. The monoisotopic (exact) mass is 329 g/mol. The predicted octanol–water partition coefficient (Wildman–Crippen LogP) is -0.370. The molecule has 3 aliphatic rings. The number of nitrogens with zero attached hydrogens (tertiary/aromatic N) is 3. The Morgan fingerprint density at radius 3 is 2.71 bits per heavy atom. The van der Waals surface area contributed by atoms with Gasteiger partial charge in [-0.05, 0) is 56.6 Å². The highest BCUT2D eigenvalue weighted by Gasteiger charge is 2.33. The van der Waals surface area contributed by atoms with Crippen molar-refractivity contribution in [3.05, 3.63) is 34.9 Å². The number of guanidine groups is 1. The van der Waals surface area contributed by atoms with Gasteiger partial charge in [0.15, 0.2) is 0 Å². The quantitative estimate of drug-likeness (QED) is 0.591. The second-order valence-electron chi connectivity index (χ2n) is 7.25. The molecular weight excluding hydrogens is 302 g/mol. The van der Waals surface area contributed by atoms with Crippen LogP contribution in [0.25, 0.3) is 0 Å². The van der Waals surface area contributed by atoms with Crippen LogP contribution in [-0.4, -0.2) is 48.5 Å². The van der Waals surface area contributed by atoms with Gasteiger partial charge in [-0.1, -0.05) is 12.1 Å². The molecule has 4 rings (SSSR count). The van der Waals surface area contributed by atoms with Crippen LogP contribution < -0.4 is 22.3 Å². The number of benzene rings is 1. The molecular formula is C17H27N7. The van der Waals surface area contributed by atoms with Crippen LogP contribution in [0.15, 0.2) is 23.2 Å². The number of hydrazine groups is 1. The predicted molar refractivity (Wildman–Crippen MR) is 94.8 cm³/mol. The number of rotatable bonds is 2. The summed E-state index contributed by atoms with van der Waals surface area (Å²) in [6.45, 7) is 4.55. The van der Waals surface area contributed by atoms with E-state index in [2.05, 4.69) is 50.9 Å². The smallest absolute Gasteiger partial charge is 0.209 e. The van der Waals surface area contributed by atoms with E-state index < -0.39 is 5.79 Å². The fraction of sp³-hybridized carbons (Fsp3) is 0.588. The van der Waals surface area contributed by atoms with E-state index in [1.54, 1.807) is 0 Å². The summed E-state index contributed by atoms with van der Waals surface area (Å²) in [7, 11) is 2.21. The molecule has 1 saturated heterocycles. The number of likely N-dealkylation sites (tertiary alicyclic amines) is 1. The third-order valence-electron chi connectivity index (χ3n) is 5.57.